The van der Waals surface area contributed by atoms with E-state index in [9.17, 15) is 18.4 Å². The van der Waals surface area contributed by atoms with E-state index >= 15 is 0 Å². The third-order valence-electron chi connectivity index (χ3n) is 5.15. The van der Waals surface area contributed by atoms with Crippen LogP contribution in [0.3, 0.4) is 0 Å². The van der Waals surface area contributed by atoms with Crippen LogP contribution in [0.2, 0.25) is 0 Å². The number of rotatable bonds is 9. The van der Waals surface area contributed by atoms with E-state index in [2.05, 4.69) is 13.2 Å². The Morgan fingerprint density at radius 2 is 1.08 bits per heavy atom. The fraction of sp³-hybridized carbons (Fsp3) is 0.0968. The molecule has 0 radical (unpaired) electrons. The number of benzene rings is 3. The largest absolute Gasteiger partial charge is 0.423 e. The molecule has 4 nitrogen and oxygen atoms in total. The molecule has 0 spiro atoms. The van der Waals surface area contributed by atoms with Crippen molar-refractivity contribution < 1.29 is 27.8 Å². The molecule has 0 aliphatic rings. The molecule has 3 aromatic carbocycles. The molecule has 0 aliphatic carbocycles. The molecular weight excluding hydrogens is 474 g/mol. The van der Waals surface area contributed by atoms with Crippen molar-refractivity contribution in [3.05, 3.63) is 119 Å². The van der Waals surface area contributed by atoms with Gasteiger partial charge in [-0.3, -0.25) is 0 Å². The summed E-state index contributed by atoms with van der Waals surface area (Å²) in [7, 11) is 0. The summed E-state index contributed by atoms with van der Waals surface area (Å²) in [6.07, 6.45) is 4.20. The number of carbonyl (C=O) groups excluding carboxylic acids is 2. The van der Waals surface area contributed by atoms with E-state index in [0.29, 0.717) is 33.8 Å². The monoisotopic (exact) mass is 500 g/mol. The van der Waals surface area contributed by atoms with Crippen LogP contribution in [0.1, 0.15) is 48.1 Å². The van der Waals surface area contributed by atoms with Gasteiger partial charge >= 0.3 is 11.9 Å². The van der Waals surface area contributed by atoms with Crippen molar-refractivity contribution in [2.24, 2.45) is 0 Å². The van der Waals surface area contributed by atoms with Gasteiger partial charge in [0.1, 0.15) is 11.5 Å². The zero-order chi connectivity index (χ0) is 26.9. The minimum atomic E-state index is -2.65. The van der Waals surface area contributed by atoms with Crippen LogP contribution in [0.4, 0.5) is 8.78 Å². The first-order valence-corrected chi connectivity index (χ1v) is 11.4. The van der Waals surface area contributed by atoms with Gasteiger partial charge < -0.3 is 9.47 Å². The second kappa shape index (κ2) is 12.4. The molecule has 37 heavy (non-hydrogen) atoms. The van der Waals surface area contributed by atoms with Crippen LogP contribution in [-0.2, 0) is 9.59 Å². The summed E-state index contributed by atoms with van der Waals surface area (Å²) in [6.45, 7) is 10.2. The Kier molecular flexibility index (Phi) is 9.05. The SMILES string of the molecule is C=C(C)C(=O)Oc1ccc(C=Cc2ccc(C=Cc3ccc(OC(=O)C(=C)C)cc3)c(C(F)F)c2)cc1. The predicted molar refractivity (Wildman–Crippen MR) is 143 cm³/mol. The first-order chi connectivity index (χ1) is 17.6. The van der Waals surface area contributed by atoms with Crippen molar-refractivity contribution in [3.8, 4) is 11.5 Å². The fourth-order valence-corrected chi connectivity index (χ4v) is 3.10. The summed E-state index contributed by atoms with van der Waals surface area (Å²) in [4.78, 5) is 23.2. The van der Waals surface area contributed by atoms with E-state index in [1.54, 1.807) is 98.8 Å². The molecule has 0 N–H and O–H groups in total. The van der Waals surface area contributed by atoms with Crippen LogP contribution < -0.4 is 9.47 Å². The highest BCUT2D eigenvalue weighted by Crippen LogP contribution is 2.27. The third-order valence-corrected chi connectivity index (χ3v) is 5.15. The normalized spacial score (nSPS) is 11.2. The van der Waals surface area contributed by atoms with Crippen LogP contribution in [0, 0.1) is 0 Å². The minimum absolute atomic E-state index is 0.0903. The average Bonchev–Trinajstić information content (AvgIpc) is 2.87. The molecule has 0 bridgehead atoms. The number of carbonyl (C=O) groups is 2. The maximum Gasteiger partial charge on any atom is 0.338 e. The van der Waals surface area contributed by atoms with Crippen LogP contribution in [0.25, 0.3) is 24.3 Å². The van der Waals surface area contributed by atoms with E-state index in [4.69, 9.17) is 9.47 Å². The Bertz CT molecular complexity index is 1370. The Morgan fingerprint density at radius 3 is 1.51 bits per heavy atom. The molecule has 0 saturated carbocycles. The van der Waals surface area contributed by atoms with Crippen molar-refractivity contribution in [2.45, 2.75) is 20.3 Å². The zero-order valence-corrected chi connectivity index (χ0v) is 20.5. The van der Waals surface area contributed by atoms with Gasteiger partial charge in [0.05, 0.1) is 0 Å². The maximum atomic E-state index is 13.8. The average molecular weight is 501 g/mol. The Labute approximate surface area is 214 Å². The van der Waals surface area contributed by atoms with Gasteiger partial charge in [-0.25, -0.2) is 18.4 Å². The number of alkyl halides is 2. The second-order valence-corrected chi connectivity index (χ2v) is 8.33. The van der Waals surface area contributed by atoms with Crippen molar-refractivity contribution in [3.63, 3.8) is 0 Å². The van der Waals surface area contributed by atoms with Crippen LogP contribution in [-0.4, -0.2) is 11.9 Å². The lowest BCUT2D eigenvalue weighted by molar-refractivity contribution is -0.130. The number of hydrogen-bond donors (Lipinski definition) is 0. The lowest BCUT2D eigenvalue weighted by Crippen LogP contribution is -2.07. The number of hydrogen-bond acceptors (Lipinski definition) is 4. The van der Waals surface area contributed by atoms with Crippen molar-refractivity contribution in [1.82, 2.24) is 0 Å². The third kappa shape index (κ3) is 7.97. The van der Waals surface area contributed by atoms with E-state index in [1.807, 2.05) is 0 Å². The molecule has 0 fully saturated rings. The van der Waals surface area contributed by atoms with Gasteiger partial charge in [0.15, 0.2) is 0 Å². The van der Waals surface area contributed by atoms with Crippen molar-refractivity contribution >= 4 is 36.2 Å². The molecule has 0 unspecified atom stereocenters. The van der Waals surface area contributed by atoms with Gasteiger partial charge in [-0.2, -0.15) is 0 Å². The highest BCUT2D eigenvalue weighted by atomic mass is 19.3. The molecule has 6 heteroatoms. The zero-order valence-electron chi connectivity index (χ0n) is 20.5. The summed E-state index contributed by atoms with van der Waals surface area (Å²) >= 11 is 0. The van der Waals surface area contributed by atoms with Crippen molar-refractivity contribution in [2.75, 3.05) is 0 Å². The molecule has 0 aromatic heterocycles. The molecule has 0 atom stereocenters. The summed E-state index contributed by atoms with van der Waals surface area (Å²) in [5.74, 6) is -0.251. The summed E-state index contributed by atoms with van der Waals surface area (Å²) in [6, 6.07) is 18.4. The Hall–Kier alpha value is -4.58. The van der Waals surface area contributed by atoms with Gasteiger partial charge in [0.2, 0.25) is 0 Å². The van der Waals surface area contributed by atoms with Gasteiger partial charge in [0, 0.05) is 16.7 Å². The van der Waals surface area contributed by atoms with Crippen LogP contribution in [0.15, 0.2) is 91.0 Å². The molecule has 0 saturated heterocycles. The van der Waals surface area contributed by atoms with E-state index < -0.39 is 18.4 Å². The Morgan fingerprint density at radius 1 is 0.676 bits per heavy atom. The van der Waals surface area contributed by atoms with Gasteiger partial charge in [-0.05, 0) is 66.4 Å². The molecule has 3 rings (SSSR count). The number of halogens is 2. The fourth-order valence-electron chi connectivity index (χ4n) is 3.10. The Balaban J connectivity index is 1.71. The molecule has 0 heterocycles. The summed E-state index contributed by atoms with van der Waals surface area (Å²) in [5, 5.41) is 0. The van der Waals surface area contributed by atoms with E-state index in [1.165, 1.54) is 6.07 Å². The first-order valence-electron chi connectivity index (χ1n) is 11.4. The second-order valence-electron chi connectivity index (χ2n) is 8.33. The highest BCUT2D eigenvalue weighted by Gasteiger charge is 2.12. The van der Waals surface area contributed by atoms with Crippen molar-refractivity contribution in [1.29, 1.82) is 0 Å². The topological polar surface area (TPSA) is 52.6 Å². The molecule has 3 aromatic rings. The lowest BCUT2D eigenvalue weighted by Gasteiger charge is -2.07. The maximum absolute atomic E-state index is 13.8. The molecular formula is C31H26F2O4. The summed E-state index contributed by atoms with van der Waals surface area (Å²) in [5.41, 5.74) is 3.10. The van der Waals surface area contributed by atoms with Gasteiger partial charge in [-0.15, -0.1) is 0 Å². The lowest BCUT2D eigenvalue weighted by atomic mass is 10.0. The van der Waals surface area contributed by atoms with E-state index in [0.717, 1.165) is 11.1 Å². The smallest absolute Gasteiger partial charge is 0.338 e. The first kappa shape index (κ1) is 27.0. The highest BCUT2D eigenvalue weighted by molar-refractivity contribution is 5.89. The van der Waals surface area contributed by atoms with Gasteiger partial charge in [-0.1, -0.05) is 73.9 Å². The van der Waals surface area contributed by atoms with Gasteiger partial charge in [0.25, 0.3) is 6.43 Å². The standard InChI is InChI=1S/C31H26F2O4/c1-20(2)30(34)36-26-15-9-22(10-16-26)5-6-24-8-14-25(28(19-24)29(32)33)13-7-23-11-17-27(18-12-23)37-31(35)21(3)4/h5-19,29H,1,3H2,2,4H3. The molecule has 0 amide bonds. The van der Waals surface area contributed by atoms with Crippen LogP contribution in [0.5, 0.6) is 11.5 Å². The van der Waals surface area contributed by atoms with Crippen LogP contribution >= 0.6 is 0 Å². The quantitative estimate of drug-likeness (QED) is 0.130. The minimum Gasteiger partial charge on any atom is -0.423 e. The number of ether oxygens (including phenoxy) is 2. The summed E-state index contributed by atoms with van der Waals surface area (Å²) < 4.78 is 37.9. The molecule has 188 valence electrons. The number of esters is 2. The predicted octanol–water partition coefficient (Wildman–Crippen LogP) is 7.93. The van der Waals surface area contributed by atoms with E-state index in [-0.39, 0.29) is 5.56 Å². The molecule has 0 aliphatic heterocycles.